The molecule has 0 heterocycles. The van der Waals surface area contributed by atoms with E-state index in [2.05, 4.69) is 226 Å². The van der Waals surface area contributed by atoms with Crippen LogP contribution in [-0.2, 0) is 58.9 Å². The summed E-state index contributed by atoms with van der Waals surface area (Å²) in [6.45, 7) is 81.6. The summed E-state index contributed by atoms with van der Waals surface area (Å²) in [6, 6.07) is 14.5. The minimum absolute atomic E-state index is 0.658. The molecule has 0 saturated carbocycles. The molecule has 0 N–H and O–H groups in total. The summed E-state index contributed by atoms with van der Waals surface area (Å²) in [5, 5.41) is 0. The Kier molecular flexibility index (Phi) is 38.4. The lowest BCUT2D eigenvalue weighted by Crippen LogP contribution is -2.65. The molecule has 30 heteroatoms. The van der Waals surface area contributed by atoms with Crippen LogP contribution in [0.4, 0.5) is 0 Å². The molecular formula is C57H148O14Si16. The third kappa shape index (κ3) is 36.9. The fraction of sp³-hybridized carbons (Fsp3) is 1.00. The van der Waals surface area contributed by atoms with Gasteiger partial charge in [-0.05, 0) is 249 Å². The van der Waals surface area contributed by atoms with Crippen molar-refractivity contribution < 1.29 is 58.9 Å². The summed E-state index contributed by atoms with van der Waals surface area (Å²) in [5.41, 5.74) is 0. The van der Waals surface area contributed by atoms with Gasteiger partial charge in [-0.3, -0.25) is 0 Å². The highest BCUT2D eigenvalue weighted by molar-refractivity contribution is 6.96. The first-order valence-corrected chi connectivity index (χ1v) is 79.9. The minimum Gasteiger partial charge on any atom is -0.417 e. The molecule has 0 rings (SSSR count). The van der Waals surface area contributed by atoms with Crippen LogP contribution in [0.1, 0.15) is 88.5 Å². The van der Waals surface area contributed by atoms with Gasteiger partial charge in [0.15, 0.2) is 99.8 Å². The molecule has 0 aliphatic rings. The van der Waals surface area contributed by atoms with Crippen LogP contribution < -0.4 is 0 Å². The van der Waals surface area contributed by atoms with Crippen molar-refractivity contribution in [2.24, 2.45) is 0 Å². The van der Waals surface area contributed by atoms with E-state index in [4.69, 9.17) is 58.9 Å². The first-order chi connectivity index (χ1) is 39.2. The van der Waals surface area contributed by atoms with Gasteiger partial charge >= 0.3 is 35.2 Å². The summed E-state index contributed by atoms with van der Waals surface area (Å²) < 4.78 is 104. The first-order valence-electron chi connectivity index (χ1n) is 34.8. The molecule has 0 saturated heterocycles. The summed E-state index contributed by atoms with van der Waals surface area (Å²) >= 11 is 0. The molecule has 0 bridgehead atoms. The molecule has 0 aliphatic carbocycles. The summed E-state index contributed by atoms with van der Waals surface area (Å²) in [7, 11) is -39.6. The second-order valence-corrected chi connectivity index (χ2v) is 100.0. The van der Waals surface area contributed by atoms with Crippen molar-refractivity contribution in [3.8, 4) is 0 Å². The van der Waals surface area contributed by atoms with E-state index in [0.717, 1.165) is 91.8 Å². The van der Waals surface area contributed by atoms with E-state index < -0.39 is 135 Å². The van der Waals surface area contributed by atoms with Crippen molar-refractivity contribution in [1.82, 2.24) is 0 Å². The summed E-state index contributed by atoms with van der Waals surface area (Å²) in [5.74, 6) is 0. The average Bonchev–Trinajstić information content (AvgIpc) is 1.89. The Hall–Kier alpha value is 2.91. The van der Waals surface area contributed by atoms with Gasteiger partial charge in [0, 0.05) is 50.6 Å². The quantitative estimate of drug-likeness (QED) is 0.0423. The molecular weight excluding hydrogens is 1360 g/mol. The van der Waals surface area contributed by atoms with Crippen molar-refractivity contribution in [2.45, 2.75) is 342 Å². The van der Waals surface area contributed by atoms with Gasteiger partial charge in [-0.1, -0.05) is 69.2 Å². The van der Waals surface area contributed by atoms with Crippen molar-refractivity contribution in [3.05, 3.63) is 0 Å². The van der Waals surface area contributed by atoms with Crippen LogP contribution in [0.5, 0.6) is 0 Å². The van der Waals surface area contributed by atoms with Crippen LogP contribution in [0.15, 0.2) is 0 Å². The summed E-state index contributed by atoms with van der Waals surface area (Å²) in [4.78, 5) is 0. The zero-order valence-corrected chi connectivity index (χ0v) is 80.0. The number of hydrogen-bond donors (Lipinski definition) is 0. The molecule has 0 aromatic carbocycles. The zero-order chi connectivity index (χ0) is 68.2. The van der Waals surface area contributed by atoms with Crippen LogP contribution in [0.3, 0.4) is 0 Å². The van der Waals surface area contributed by atoms with Crippen LogP contribution in [0.2, 0.25) is 254 Å². The molecule has 0 spiro atoms. The van der Waals surface area contributed by atoms with E-state index in [9.17, 15) is 0 Å². The van der Waals surface area contributed by atoms with Crippen molar-refractivity contribution >= 4 is 135 Å². The number of rotatable bonds is 52. The topological polar surface area (TPSA) is 129 Å². The Balaban J connectivity index is 6.54. The van der Waals surface area contributed by atoms with Gasteiger partial charge in [-0.2, -0.15) is 0 Å². The molecule has 0 aromatic heterocycles. The molecule has 0 unspecified atom stereocenters. The molecule has 87 heavy (non-hydrogen) atoms. The molecule has 0 amide bonds. The lowest BCUT2D eigenvalue weighted by Gasteiger charge is -2.48. The number of hydrogen-bond acceptors (Lipinski definition) is 14. The average molecular weight is 1510 g/mol. The molecule has 0 aromatic rings. The Labute approximate surface area is 558 Å². The van der Waals surface area contributed by atoms with Gasteiger partial charge in [0.25, 0.3) is 0 Å². The second kappa shape index (κ2) is 37.2. The molecule has 524 valence electrons. The highest BCUT2D eigenvalue weighted by Gasteiger charge is 2.60. The fourth-order valence-electron chi connectivity index (χ4n) is 9.02. The molecule has 14 nitrogen and oxygen atoms in total. The van der Waals surface area contributed by atoms with Crippen LogP contribution >= 0.6 is 0 Å². The van der Waals surface area contributed by atoms with Crippen molar-refractivity contribution in [2.75, 3.05) is 26.4 Å². The van der Waals surface area contributed by atoms with Crippen molar-refractivity contribution in [1.29, 1.82) is 0 Å². The molecule has 0 aliphatic heterocycles. The maximum absolute atomic E-state index is 7.73. The van der Waals surface area contributed by atoms with Crippen molar-refractivity contribution in [3.63, 3.8) is 0 Å². The van der Waals surface area contributed by atoms with Gasteiger partial charge in [-0.25, -0.2) is 0 Å². The van der Waals surface area contributed by atoms with Crippen LogP contribution in [0.25, 0.3) is 0 Å². The first kappa shape index (κ1) is 89.9. The van der Waals surface area contributed by atoms with E-state index in [1.165, 1.54) is 0 Å². The zero-order valence-electron chi connectivity index (χ0n) is 64.0. The van der Waals surface area contributed by atoms with E-state index in [-0.39, 0.29) is 0 Å². The maximum Gasteiger partial charge on any atom is 0.469 e. The molecule has 0 atom stereocenters. The van der Waals surface area contributed by atoms with Gasteiger partial charge in [0.2, 0.25) is 0 Å². The smallest absolute Gasteiger partial charge is 0.417 e. The Bertz CT molecular complexity index is 1670. The van der Waals surface area contributed by atoms with E-state index in [1.54, 1.807) is 0 Å². The largest absolute Gasteiger partial charge is 0.469 e. The second-order valence-electron chi connectivity index (χ2n) is 32.4. The van der Waals surface area contributed by atoms with Gasteiger partial charge < -0.3 is 58.9 Å². The monoisotopic (exact) mass is 1500 g/mol. The number of ether oxygens (including phenoxy) is 2. The predicted octanol–water partition coefficient (Wildman–Crippen LogP) is 20.8. The Morgan fingerprint density at radius 2 is 0.287 bits per heavy atom. The Morgan fingerprint density at radius 3 is 0.425 bits per heavy atom. The predicted molar refractivity (Wildman–Crippen MR) is 415 cm³/mol. The minimum atomic E-state index is -3.34. The SMILES string of the molecule is CC[Si](C)(C)O[Si](CC[Si](O[Si](C)(C)CC)(O[Si](C)(C)CC)O[Si](C)(C)CCCOCCCOCCC[Si](C)(C)O[Si](CC[Si](O[Si](C)(C)CC)(O[Si](C)(C)CC)O[Si](C)(C)CC)(O[Si](C)(C)CC)O[Si](C)(C)CC)(O[Si](C)(C)CC)O[Si](C)(C)CC. The van der Waals surface area contributed by atoms with Gasteiger partial charge in [-0.15, -0.1) is 0 Å². The fourth-order valence-corrected chi connectivity index (χ4v) is 74.3. The molecule has 0 fully saturated rings. The Morgan fingerprint density at radius 1 is 0.161 bits per heavy atom. The third-order valence-corrected chi connectivity index (χ3v) is 83.9. The van der Waals surface area contributed by atoms with Gasteiger partial charge in [0.05, 0.1) is 0 Å². The van der Waals surface area contributed by atoms with E-state index in [0.29, 0.717) is 50.6 Å². The third-order valence-electron chi connectivity index (χ3n) is 17.9. The molecule has 0 radical (unpaired) electrons. The normalized spacial score (nSPS) is 15.1. The highest BCUT2D eigenvalue weighted by atomic mass is 28.5. The van der Waals surface area contributed by atoms with E-state index >= 15 is 0 Å². The van der Waals surface area contributed by atoms with Crippen LogP contribution in [0, 0.1) is 0 Å². The highest BCUT2D eigenvalue weighted by Crippen LogP contribution is 2.42. The van der Waals surface area contributed by atoms with E-state index in [1.807, 2.05) is 0 Å². The lowest BCUT2D eigenvalue weighted by molar-refractivity contribution is 0.0826. The van der Waals surface area contributed by atoms with Crippen LogP contribution in [-0.4, -0.2) is 161 Å². The maximum atomic E-state index is 7.73. The lowest BCUT2D eigenvalue weighted by atomic mass is 10.4. The van der Waals surface area contributed by atoms with Gasteiger partial charge in [0.1, 0.15) is 0 Å². The summed E-state index contributed by atoms with van der Waals surface area (Å²) in [6.07, 6.45) is 2.69. The standard InChI is InChI=1S/C57H148O14Si16/c1-35-72(11,12)60-84(61-73(13,14)36-2,62-74(15,16)37-3)54-56-86(66-78(23,24)41-7,67-79(25,26)42-8)70-82(31,32)52-46-50-58-48-45-49-59-51-47-53-83(33,34)71-87(68-80(27,28)43-9,69-81(29,30)44-10)57-55-85(63-75(17,18)38-4,64-76(19,20)39-5)65-77(21,22)40-6/h35-57H2,1-34H3.